The molecule has 0 aliphatic rings. The van der Waals surface area contributed by atoms with E-state index >= 15 is 0 Å². The molecule has 4 nitrogen and oxygen atoms in total. The van der Waals surface area contributed by atoms with Crippen LogP contribution in [-0.4, -0.2) is 22.6 Å². The number of pyridine rings is 1. The van der Waals surface area contributed by atoms with Crippen molar-refractivity contribution < 1.29 is 9.90 Å². The second kappa shape index (κ2) is 7.43. The summed E-state index contributed by atoms with van der Waals surface area (Å²) in [6.07, 6.45) is 3.79. The number of carbonyl (C=O) groups is 1. The Bertz CT molecular complexity index is 584. The minimum absolute atomic E-state index is 0.0935. The van der Waals surface area contributed by atoms with Crippen LogP contribution in [0.25, 0.3) is 0 Å². The Balaban J connectivity index is 2.18. The lowest BCUT2D eigenvalue weighted by Crippen LogP contribution is -2.24. The van der Waals surface area contributed by atoms with E-state index in [1.807, 2.05) is 24.3 Å². The maximum atomic E-state index is 11.0. The van der Waals surface area contributed by atoms with Gasteiger partial charge in [-0.3, -0.25) is 0 Å². The van der Waals surface area contributed by atoms with E-state index in [0.717, 1.165) is 30.6 Å². The van der Waals surface area contributed by atoms with E-state index in [1.54, 1.807) is 12.3 Å². The van der Waals surface area contributed by atoms with Crippen molar-refractivity contribution >= 4 is 11.7 Å². The van der Waals surface area contributed by atoms with Crippen LogP contribution in [0.2, 0.25) is 0 Å². The number of unbranched alkanes of at least 4 members (excludes halogenated alkanes) is 1. The fourth-order valence-electron chi connectivity index (χ4n) is 2.20. The van der Waals surface area contributed by atoms with Crippen LogP contribution >= 0.6 is 0 Å². The molecular formula is C17H20N2O2. The quantitative estimate of drug-likeness (QED) is 0.844. The molecule has 0 aliphatic heterocycles. The smallest absolute Gasteiger partial charge is 0.354 e. The molecule has 21 heavy (non-hydrogen) atoms. The Morgan fingerprint density at radius 1 is 1.24 bits per heavy atom. The minimum Gasteiger partial charge on any atom is -0.477 e. The van der Waals surface area contributed by atoms with Crippen molar-refractivity contribution in [2.24, 2.45) is 0 Å². The molecule has 1 heterocycles. The number of carboxylic acids is 1. The standard InChI is InChI=1S/C17H20N2O2/c1-2-3-11-19(15-7-5-4-6-8-15)13-14-9-10-18-16(12-14)17(20)21/h4-10,12H,2-3,11,13H2,1H3,(H,20,21). The normalized spacial score (nSPS) is 10.3. The summed E-state index contributed by atoms with van der Waals surface area (Å²) in [5.41, 5.74) is 2.21. The van der Waals surface area contributed by atoms with Crippen LogP contribution in [-0.2, 0) is 6.54 Å². The molecule has 0 fully saturated rings. The zero-order valence-corrected chi connectivity index (χ0v) is 12.2. The first-order valence-corrected chi connectivity index (χ1v) is 7.19. The molecule has 110 valence electrons. The summed E-state index contributed by atoms with van der Waals surface area (Å²) in [5.74, 6) is -0.989. The maximum absolute atomic E-state index is 11.0. The first-order valence-electron chi connectivity index (χ1n) is 7.19. The average Bonchev–Trinajstić information content (AvgIpc) is 2.52. The van der Waals surface area contributed by atoms with Crippen molar-refractivity contribution in [3.63, 3.8) is 0 Å². The van der Waals surface area contributed by atoms with E-state index < -0.39 is 5.97 Å². The second-order valence-corrected chi connectivity index (χ2v) is 4.97. The number of aromatic carboxylic acids is 1. The molecule has 0 saturated carbocycles. The van der Waals surface area contributed by atoms with Crippen LogP contribution in [0.3, 0.4) is 0 Å². The summed E-state index contributed by atoms with van der Waals surface area (Å²) in [6.45, 7) is 3.80. The van der Waals surface area contributed by atoms with E-state index in [2.05, 4.69) is 28.9 Å². The molecule has 0 bridgehead atoms. The van der Waals surface area contributed by atoms with Crippen LogP contribution in [0.1, 0.15) is 35.8 Å². The Labute approximate surface area is 125 Å². The number of rotatable bonds is 7. The van der Waals surface area contributed by atoms with Gasteiger partial charge in [0.1, 0.15) is 5.69 Å². The van der Waals surface area contributed by atoms with Gasteiger partial charge in [0.2, 0.25) is 0 Å². The summed E-state index contributed by atoms with van der Waals surface area (Å²) < 4.78 is 0. The largest absolute Gasteiger partial charge is 0.477 e. The van der Waals surface area contributed by atoms with Gasteiger partial charge in [0.25, 0.3) is 0 Å². The first kappa shape index (κ1) is 15.0. The zero-order chi connectivity index (χ0) is 15.1. The van der Waals surface area contributed by atoms with E-state index in [0.29, 0.717) is 6.54 Å². The number of hydrogen-bond donors (Lipinski definition) is 1. The third kappa shape index (κ3) is 4.31. The summed E-state index contributed by atoms with van der Waals surface area (Å²) >= 11 is 0. The molecule has 0 unspecified atom stereocenters. The van der Waals surface area contributed by atoms with Gasteiger partial charge in [-0.2, -0.15) is 0 Å². The van der Waals surface area contributed by atoms with Crippen molar-refractivity contribution in [1.29, 1.82) is 0 Å². The molecule has 0 aliphatic carbocycles. The molecule has 1 aromatic heterocycles. The summed E-state index contributed by atoms with van der Waals surface area (Å²) in [6, 6.07) is 13.7. The fraction of sp³-hybridized carbons (Fsp3) is 0.294. The van der Waals surface area contributed by atoms with Gasteiger partial charge in [0.05, 0.1) is 0 Å². The van der Waals surface area contributed by atoms with E-state index in [-0.39, 0.29) is 5.69 Å². The van der Waals surface area contributed by atoms with Crippen LogP contribution < -0.4 is 4.90 Å². The number of carboxylic acid groups (broad SMARTS) is 1. The van der Waals surface area contributed by atoms with Gasteiger partial charge in [0.15, 0.2) is 0 Å². The average molecular weight is 284 g/mol. The molecule has 0 radical (unpaired) electrons. The van der Waals surface area contributed by atoms with Crippen molar-refractivity contribution in [1.82, 2.24) is 4.98 Å². The zero-order valence-electron chi connectivity index (χ0n) is 12.2. The van der Waals surface area contributed by atoms with Gasteiger partial charge >= 0.3 is 5.97 Å². The Hall–Kier alpha value is -2.36. The first-order chi connectivity index (χ1) is 10.2. The molecular weight excluding hydrogens is 264 g/mol. The Kier molecular flexibility index (Phi) is 5.32. The highest BCUT2D eigenvalue weighted by Gasteiger charge is 2.09. The van der Waals surface area contributed by atoms with Gasteiger partial charge in [-0.15, -0.1) is 0 Å². The Morgan fingerprint density at radius 2 is 2.00 bits per heavy atom. The summed E-state index contributed by atoms with van der Waals surface area (Å²) in [7, 11) is 0. The van der Waals surface area contributed by atoms with Gasteiger partial charge in [-0.05, 0) is 36.2 Å². The van der Waals surface area contributed by atoms with E-state index in [1.165, 1.54) is 0 Å². The van der Waals surface area contributed by atoms with Crippen molar-refractivity contribution in [3.05, 3.63) is 59.9 Å². The summed E-state index contributed by atoms with van der Waals surface area (Å²) in [5, 5.41) is 9.03. The topological polar surface area (TPSA) is 53.4 Å². The van der Waals surface area contributed by atoms with Gasteiger partial charge in [0, 0.05) is 25.0 Å². The number of hydrogen-bond acceptors (Lipinski definition) is 3. The monoisotopic (exact) mass is 284 g/mol. The SMILES string of the molecule is CCCCN(Cc1ccnc(C(=O)O)c1)c1ccccc1. The number of aromatic nitrogens is 1. The highest BCUT2D eigenvalue weighted by Crippen LogP contribution is 2.17. The minimum atomic E-state index is -0.989. The highest BCUT2D eigenvalue weighted by atomic mass is 16.4. The predicted molar refractivity (Wildman–Crippen MR) is 83.6 cm³/mol. The lowest BCUT2D eigenvalue weighted by Gasteiger charge is -2.25. The third-order valence-corrected chi connectivity index (χ3v) is 3.32. The molecule has 0 amide bonds. The lowest BCUT2D eigenvalue weighted by molar-refractivity contribution is 0.0690. The molecule has 0 atom stereocenters. The molecule has 1 N–H and O–H groups in total. The maximum Gasteiger partial charge on any atom is 0.354 e. The number of benzene rings is 1. The molecule has 2 aromatic rings. The molecule has 4 heteroatoms. The molecule has 2 rings (SSSR count). The van der Waals surface area contributed by atoms with Gasteiger partial charge in [-0.25, -0.2) is 9.78 Å². The van der Waals surface area contributed by atoms with E-state index in [4.69, 9.17) is 5.11 Å². The number of anilines is 1. The number of nitrogens with zero attached hydrogens (tertiary/aromatic N) is 2. The predicted octanol–water partition coefficient (Wildman–Crippen LogP) is 3.59. The van der Waals surface area contributed by atoms with E-state index in [9.17, 15) is 4.79 Å². The molecule has 0 saturated heterocycles. The highest BCUT2D eigenvalue weighted by molar-refractivity contribution is 5.85. The fourth-order valence-corrected chi connectivity index (χ4v) is 2.20. The van der Waals surface area contributed by atoms with Gasteiger partial charge in [-0.1, -0.05) is 31.5 Å². The number of para-hydroxylation sites is 1. The van der Waals surface area contributed by atoms with Gasteiger partial charge < -0.3 is 10.0 Å². The lowest BCUT2D eigenvalue weighted by atomic mass is 10.2. The Morgan fingerprint density at radius 3 is 2.67 bits per heavy atom. The summed E-state index contributed by atoms with van der Waals surface area (Å²) in [4.78, 5) is 17.1. The molecule has 1 aromatic carbocycles. The van der Waals surface area contributed by atoms with Crippen molar-refractivity contribution in [3.8, 4) is 0 Å². The van der Waals surface area contributed by atoms with Crippen LogP contribution in [0.15, 0.2) is 48.7 Å². The molecule has 0 spiro atoms. The second-order valence-electron chi connectivity index (χ2n) is 4.97. The van der Waals surface area contributed by atoms with Crippen molar-refractivity contribution in [2.75, 3.05) is 11.4 Å². The van der Waals surface area contributed by atoms with Crippen molar-refractivity contribution in [2.45, 2.75) is 26.3 Å². The van der Waals surface area contributed by atoms with Crippen LogP contribution in [0, 0.1) is 0 Å². The van der Waals surface area contributed by atoms with Crippen LogP contribution in [0.4, 0.5) is 5.69 Å². The third-order valence-electron chi connectivity index (χ3n) is 3.32. The van der Waals surface area contributed by atoms with Crippen LogP contribution in [0.5, 0.6) is 0 Å².